The summed E-state index contributed by atoms with van der Waals surface area (Å²) in [7, 11) is 0. The van der Waals surface area contributed by atoms with Crippen LogP contribution in [0.4, 0.5) is 11.4 Å². The van der Waals surface area contributed by atoms with Gasteiger partial charge >= 0.3 is 0 Å². The lowest BCUT2D eigenvalue weighted by Gasteiger charge is -2.31. The average molecular weight is 404 g/mol. The number of nitrogen functional groups attached to an aromatic ring is 1. The third kappa shape index (κ3) is 2.75. The molecule has 8 heteroatoms. The number of nitrogens with two attached hydrogens (primary N) is 1. The van der Waals surface area contributed by atoms with E-state index in [0.29, 0.717) is 12.1 Å². The Morgan fingerprint density at radius 1 is 0.967 bits per heavy atom. The number of amides is 4. The van der Waals surface area contributed by atoms with Crippen molar-refractivity contribution in [3.63, 3.8) is 0 Å². The summed E-state index contributed by atoms with van der Waals surface area (Å²) < 4.78 is 0. The Balaban J connectivity index is 1.43. The molecule has 2 aromatic rings. The molecule has 2 aromatic carbocycles. The summed E-state index contributed by atoms with van der Waals surface area (Å²) >= 11 is 0. The van der Waals surface area contributed by atoms with Gasteiger partial charge in [0.1, 0.15) is 6.04 Å². The van der Waals surface area contributed by atoms with Gasteiger partial charge in [-0.25, -0.2) is 0 Å². The van der Waals surface area contributed by atoms with Crippen LogP contribution in [0.25, 0.3) is 0 Å². The number of imide groups is 2. The van der Waals surface area contributed by atoms with Crippen molar-refractivity contribution in [2.24, 2.45) is 0 Å². The monoisotopic (exact) mass is 404 g/mol. The van der Waals surface area contributed by atoms with E-state index in [1.807, 2.05) is 24.3 Å². The van der Waals surface area contributed by atoms with E-state index < -0.39 is 23.8 Å². The number of rotatable bonds is 2. The Morgan fingerprint density at radius 2 is 1.77 bits per heavy atom. The van der Waals surface area contributed by atoms with Crippen molar-refractivity contribution < 1.29 is 19.2 Å². The lowest BCUT2D eigenvalue weighted by molar-refractivity contribution is -0.136. The van der Waals surface area contributed by atoms with Crippen LogP contribution in [0.5, 0.6) is 0 Å². The average Bonchev–Trinajstić information content (AvgIpc) is 2.98. The van der Waals surface area contributed by atoms with Gasteiger partial charge in [0.2, 0.25) is 11.8 Å². The van der Waals surface area contributed by atoms with Crippen LogP contribution < -0.4 is 16.0 Å². The number of hydrogen-bond donors (Lipinski definition) is 2. The van der Waals surface area contributed by atoms with E-state index in [-0.39, 0.29) is 24.3 Å². The molecule has 0 bridgehead atoms. The molecule has 152 valence electrons. The van der Waals surface area contributed by atoms with Gasteiger partial charge in [-0.2, -0.15) is 0 Å². The Bertz CT molecular complexity index is 1130. The highest BCUT2D eigenvalue weighted by atomic mass is 16.2. The van der Waals surface area contributed by atoms with Crippen molar-refractivity contribution in [2.75, 3.05) is 17.2 Å². The largest absolute Gasteiger partial charge is 0.398 e. The van der Waals surface area contributed by atoms with E-state index >= 15 is 0 Å². The van der Waals surface area contributed by atoms with E-state index in [9.17, 15) is 19.2 Å². The number of nitrogens with one attached hydrogen (secondary N) is 1. The van der Waals surface area contributed by atoms with Crippen LogP contribution in [-0.4, -0.2) is 41.1 Å². The van der Waals surface area contributed by atoms with Gasteiger partial charge < -0.3 is 10.6 Å². The Kier molecular flexibility index (Phi) is 4.09. The summed E-state index contributed by atoms with van der Waals surface area (Å²) in [6.45, 7) is 1.41. The molecule has 0 saturated carbocycles. The molecule has 0 aliphatic carbocycles. The normalized spacial score (nSPS) is 20.9. The van der Waals surface area contributed by atoms with Crippen molar-refractivity contribution in [1.82, 2.24) is 10.2 Å². The molecule has 8 nitrogen and oxygen atoms in total. The van der Waals surface area contributed by atoms with Gasteiger partial charge in [-0.05, 0) is 48.2 Å². The highest BCUT2D eigenvalue weighted by molar-refractivity contribution is 6.23. The lowest BCUT2D eigenvalue weighted by atomic mass is 9.97. The van der Waals surface area contributed by atoms with Crippen LogP contribution >= 0.6 is 0 Å². The molecule has 1 atom stereocenters. The molecule has 30 heavy (non-hydrogen) atoms. The van der Waals surface area contributed by atoms with E-state index in [1.54, 1.807) is 12.1 Å². The molecule has 3 aliphatic heterocycles. The molecule has 5 rings (SSSR count). The van der Waals surface area contributed by atoms with E-state index in [4.69, 9.17) is 5.73 Å². The number of hydrogen-bond acceptors (Lipinski definition) is 6. The minimum Gasteiger partial charge on any atom is -0.398 e. The van der Waals surface area contributed by atoms with Gasteiger partial charge in [0, 0.05) is 30.9 Å². The minimum absolute atomic E-state index is 0.103. The van der Waals surface area contributed by atoms with Crippen molar-refractivity contribution >= 4 is 35.0 Å². The summed E-state index contributed by atoms with van der Waals surface area (Å²) in [4.78, 5) is 52.6. The van der Waals surface area contributed by atoms with Crippen LogP contribution in [0, 0.1) is 0 Å². The first kappa shape index (κ1) is 18.4. The molecule has 4 amide bonds. The second-order valence-corrected chi connectivity index (χ2v) is 7.83. The maximum Gasteiger partial charge on any atom is 0.262 e. The first-order valence-electron chi connectivity index (χ1n) is 9.91. The van der Waals surface area contributed by atoms with Gasteiger partial charge in [0.05, 0.1) is 11.1 Å². The van der Waals surface area contributed by atoms with Gasteiger partial charge in [0.25, 0.3) is 11.8 Å². The molecule has 3 aliphatic rings. The molecule has 3 heterocycles. The summed E-state index contributed by atoms with van der Waals surface area (Å²) in [5.41, 5.74) is 10.6. The molecule has 0 aromatic heterocycles. The quantitative estimate of drug-likeness (QED) is 0.575. The number of piperidine rings is 1. The predicted molar refractivity (Wildman–Crippen MR) is 109 cm³/mol. The standard InChI is InChI=1S/C22H20N4O4/c23-17-3-1-2-12-11-25(9-8-14(12)17)13-4-5-15-16(10-13)22(30)26(21(15)29)18-6-7-19(27)24-20(18)28/h1-5,10,18H,6-9,11,23H2,(H,24,27,28). The van der Waals surface area contributed by atoms with Crippen LogP contribution in [0.15, 0.2) is 36.4 Å². The Labute approximate surface area is 172 Å². The smallest absolute Gasteiger partial charge is 0.262 e. The van der Waals surface area contributed by atoms with Crippen molar-refractivity contribution in [1.29, 1.82) is 0 Å². The van der Waals surface area contributed by atoms with Gasteiger partial charge in [-0.1, -0.05) is 12.1 Å². The van der Waals surface area contributed by atoms with Crippen LogP contribution in [0.2, 0.25) is 0 Å². The zero-order chi connectivity index (χ0) is 21.0. The van der Waals surface area contributed by atoms with Gasteiger partial charge in [0.15, 0.2) is 0 Å². The van der Waals surface area contributed by atoms with Gasteiger partial charge in [-0.3, -0.25) is 29.4 Å². The summed E-state index contributed by atoms with van der Waals surface area (Å²) in [5, 5.41) is 2.21. The van der Waals surface area contributed by atoms with Crippen LogP contribution in [0.1, 0.15) is 44.7 Å². The fraction of sp³-hybridized carbons (Fsp3) is 0.273. The second-order valence-electron chi connectivity index (χ2n) is 7.83. The second kappa shape index (κ2) is 6.69. The number of fused-ring (bicyclic) bond motifs is 2. The number of carbonyl (C=O) groups is 4. The maximum atomic E-state index is 13.0. The van der Waals surface area contributed by atoms with Crippen molar-refractivity contribution in [3.05, 3.63) is 58.7 Å². The molecule has 3 N–H and O–H groups in total. The SMILES string of the molecule is Nc1cccc2c1CCN(c1ccc3c(c1)C(=O)N(C1CCC(=O)NC1=O)C3=O)C2. The molecule has 1 unspecified atom stereocenters. The highest BCUT2D eigenvalue weighted by Crippen LogP contribution is 2.33. The van der Waals surface area contributed by atoms with Crippen LogP contribution in [-0.2, 0) is 22.6 Å². The van der Waals surface area contributed by atoms with E-state index in [1.165, 1.54) is 0 Å². The molecule has 1 saturated heterocycles. The fourth-order valence-corrected chi connectivity index (χ4v) is 4.52. The summed E-state index contributed by atoms with van der Waals surface area (Å²) in [6, 6.07) is 10.1. The van der Waals surface area contributed by atoms with E-state index in [0.717, 1.165) is 40.4 Å². The maximum absolute atomic E-state index is 13.0. The number of benzene rings is 2. The molecule has 0 radical (unpaired) electrons. The molecular weight excluding hydrogens is 384 g/mol. The first-order valence-corrected chi connectivity index (χ1v) is 9.91. The van der Waals surface area contributed by atoms with Crippen molar-refractivity contribution in [2.45, 2.75) is 31.8 Å². The molecule has 0 spiro atoms. The lowest BCUT2D eigenvalue weighted by Crippen LogP contribution is -2.54. The number of nitrogens with zero attached hydrogens (tertiary/aromatic N) is 2. The first-order chi connectivity index (χ1) is 14.4. The third-order valence-corrected chi connectivity index (χ3v) is 6.09. The minimum atomic E-state index is -0.955. The summed E-state index contributed by atoms with van der Waals surface area (Å²) in [5.74, 6) is -1.98. The highest BCUT2D eigenvalue weighted by Gasteiger charge is 2.44. The molecule has 1 fully saturated rings. The topological polar surface area (TPSA) is 113 Å². The predicted octanol–water partition coefficient (Wildman–Crippen LogP) is 1.23. The Morgan fingerprint density at radius 3 is 2.57 bits per heavy atom. The van der Waals surface area contributed by atoms with E-state index in [2.05, 4.69) is 10.2 Å². The van der Waals surface area contributed by atoms with Crippen LogP contribution in [0.3, 0.4) is 0 Å². The third-order valence-electron chi connectivity index (χ3n) is 6.09. The number of carbonyl (C=O) groups excluding carboxylic acids is 4. The molecular formula is C22H20N4O4. The van der Waals surface area contributed by atoms with Crippen molar-refractivity contribution in [3.8, 4) is 0 Å². The van der Waals surface area contributed by atoms with Gasteiger partial charge in [-0.15, -0.1) is 0 Å². The zero-order valence-corrected chi connectivity index (χ0v) is 16.2. The number of anilines is 2. The summed E-state index contributed by atoms with van der Waals surface area (Å²) in [6.07, 6.45) is 1.05. The zero-order valence-electron chi connectivity index (χ0n) is 16.2. The Hall–Kier alpha value is -3.68. The fourth-order valence-electron chi connectivity index (χ4n) is 4.52.